The number of hydrogen-bond donors (Lipinski definition) is 1. The molecule has 5 nitrogen and oxygen atoms in total. The van der Waals surface area contributed by atoms with Gasteiger partial charge in [-0.1, -0.05) is 68.4 Å². The van der Waals surface area contributed by atoms with Crippen molar-refractivity contribution in [3.8, 4) is 11.5 Å². The van der Waals surface area contributed by atoms with E-state index in [-0.39, 0.29) is 12.5 Å². The van der Waals surface area contributed by atoms with E-state index in [0.29, 0.717) is 24.0 Å². The molecule has 0 radical (unpaired) electrons. The van der Waals surface area contributed by atoms with E-state index in [4.69, 9.17) is 9.47 Å². The predicted octanol–water partition coefficient (Wildman–Crippen LogP) is 4.92. The molecule has 3 rings (SSSR count). The topological polar surface area (TPSA) is 59.9 Å². The van der Waals surface area contributed by atoms with E-state index in [0.717, 1.165) is 16.7 Å². The molecule has 0 aliphatic heterocycles. The Hall–Kier alpha value is -3.60. The summed E-state index contributed by atoms with van der Waals surface area (Å²) in [6.07, 6.45) is 1.57. The average molecular weight is 402 g/mol. The lowest BCUT2D eigenvalue weighted by Crippen LogP contribution is -2.24. The number of nitrogens with one attached hydrogen (secondary N) is 1. The molecule has 0 heterocycles. The molecule has 0 aliphatic rings. The van der Waals surface area contributed by atoms with Crippen molar-refractivity contribution in [2.45, 2.75) is 26.4 Å². The van der Waals surface area contributed by atoms with Crippen LogP contribution in [-0.4, -0.2) is 18.7 Å². The Kier molecular flexibility index (Phi) is 7.61. The lowest BCUT2D eigenvalue weighted by molar-refractivity contribution is -0.123. The molecular formula is C25H26N2O3. The largest absolute Gasteiger partial charge is 0.488 e. The second-order valence-corrected chi connectivity index (χ2v) is 7.12. The molecule has 0 fully saturated rings. The highest BCUT2D eigenvalue weighted by atomic mass is 16.5. The number of amides is 1. The lowest BCUT2D eigenvalue weighted by atomic mass is 10.0. The van der Waals surface area contributed by atoms with Gasteiger partial charge in [0.25, 0.3) is 5.91 Å². The summed E-state index contributed by atoms with van der Waals surface area (Å²) in [6.45, 7) is 4.58. The van der Waals surface area contributed by atoms with Gasteiger partial charge < -0.3 is 9.47 Å². The lowest BCUT2D eigenvalue weighted by Gasteiger charge is -2.10. The number of ether oxygens (including phenoxy) is 2. The first kappa shape index (κ1) is 21.1. The van der Waals surface area contributed by atoms with E-state index in [1.54, 1.807) is 6.21 Å². The van der Waals surface area contributed by atoms with Crippen molar-refractivity contribution in [3.63, 3.8) is 0 Å². The minimum absolute atomic E-state index is 0.106. The van der Waals surface area contributed by atoms with Crippen LogP contribution in [0.3, 0.4) is 0 Å². The number of carbonyl (C=O) groups is 1. The highest BCUT2D eigenvalue weighted by Gasteiger charge is 2.05. The van der Waals surface area contributed by atoms with Gasteiger partial charge in [0.2, 0.25) is 0 Å². The molecule has 3 aromatic carbocycles. The third kappa shape index (κ3) is 6.48. The summed E-state index contributed by atoms with van der Waals surface area (Å²) in [5.74, 6) is 1.43. The maximum absolute atomic E-state index is 12.0. The third-order valence-electron chi connectivity index (χ3n) is 4.44. The Bertz CT molecular complexity index is 984. The fourth-order valence-electron chi connectivity index (χ4n) is 2.77. The normalized spacial score (nSPS) is 10.9. The minimum Gasteiger partial charge on any atom is -0.488 e. The first-order chi connectivity index (χ1) is 14.6. The van der Waals surface area contributed by atoms with Crippen LogP contribution in [0, 0.1) is 0 Å². The number of benzene rings is 3. The fraction of sp³-hybridized carbons (Fsp3) is 0.200. The molecule has 0 aliphatic carbocycles. The second kappa shape index (κ2) is 10.8. The second-order valence-electron chi connectivity index (χ2n) is 7.12. The van der Waals surface area contributed by atoms with Gasteiger partial charge in [-0.2, -0.15) is 5.10 Å². The Morgan fingerprint density at radius 2 is 1.73 bits per heavy atom. The van der Waals surface area contributed by atoms with Crippen LogP contribution in [0.5, 0.6) is 11.5 Å². The standard InChI is InChI=1S/C25H26N2O3/c1-19(2)21-12-8-13-23(15-21)29-18-25(28)27-26-16-22-11-6-7-14-24(22)30-17-20-9-4-3-5-10-20/h3-16,19H,17-18H2,1-2H3,(H,27,28)/b26-16+. The van der Waals surface area contributed by atoms with Crippen LogP contribution in [0.2, 0.25) is 0 Å². The molecular weight excluding hydrogens is 376 g/mol. The van der Waals surface area contributed by atoms with Crippen molar-refractivity contribution in [1.82, 2.24) is 5.43 Å². The molecule has 0 unspecified atom stereocenters. The average Bonchev–Trinajstić information content (AvgIpc) is 2.78. The van der Waals surface area contributed by atoms with Crippen LogP contribution in [0.1, 0.15) is 36.5 Å². The van der Waals surface area contributed by atoms with Crippen LogP contribution in [0.15, 0.2) is 84.0 Å². The summed E-state index contributed by atoms with van der Waals surface area (Å²) >= 11 is 0. The van der Waals surface area contributed by atoms with Gasteiger partial charge in [-0.3, -0.25) is 4.79 Å². The molecule has 30 heavy (non-hydrogen) atoms. The van der Waals surface area contributed by atoms with Crippen molar-refractivity contribution in [2.75, 3.05) is 6.61 Å². The quantitative estimate of drug-likeness (QED) is 0.408. The third-order valence-corrected chi connectivity index (χ3v) is 4.44. The van der Waals surface area contributed by atoms with Crippen LogP contribution in [0.4, 0.5) is 0 Å². The Balaban J connectivity index is 1.51. The van der Waals surface area contributed by atoms with Crippen molar-refractivity contribution in [3.05, 3.63) is 95.6 Å². The van der Waals surface area contributed by atoms with E-state index in [9.17, 15) is 4.79 Å². The van der Waals surface area contributed by atoms with E-state index < -0.39 is 0 Å². The summed E-state index contributed by atoms with van der Waals surface area (Å²) in [7, 11) is 0. The van der Waals surface area contributed by atoms with Gasteiger partial charge in [-0.05, 0) is 41.3 Å². The number of nitrogens with zero attached hydrogens (tertiary/aromatic N) is 1. The van der Waals surface area contributed by atoms with Crippen LogP contribution in [0.25, 0.3) is 0 Å². The first-order valence-electron chi connectivity index (χ1n) is 9.92. The molecule has 0 aromatic heterocycles. The van der Waals surface area contributed by atoms with E-state index in [2.05, 4.69) is 24.4 Å². The molecule has 1 N–H and O–H groups in total. The van der Waals surface area contributed by atoms with Gasteiger partial charge >= 0.3 is 0 Å². The molecule has 3 aromatic rings. The van der Waals surface area contributed by atoms with Crippen molar-refractivity contribution in [2.24, 2.45) is 5.10 Å². The summed E-state index contributed by atoms with van der Waals surface area (Å²) in [5.41, 5.74) is 5.51. The molecule has 154 valence electrons. The van der Waals surface area contributed by atoms with Crippen molar-refractivity contribution >= 4 is 12.1 Å². The zero-order valence-electron chi connectivity index (χ0n) is 17.2. The fourth-order valence-corrected chi connectivity index (χ4v) is 2.77. The molecule has 0 atom stereocenters. The Labute approximate surface area is 177 Å². The van der Waals surface area contributed by atoms with Gasteiger partial charge in [0.15, 0.2) is 6.61 Å². The van der Waals surface area contributed by atoms with Gasteiger partial charge in [-0.15, -0.1) is 0 Å². The van der Waals surface area contributed by atoms with E-state index >= 15 is 0 Å². The van der Waals surface area contributed by atoms with Crippen LogP contribution in [-0.2, 0) is 11.4 Å². The van der Waals surface area contributed by atoms with Gasteiger partial charge in [0.1, 0.15) is 18.1 Å². The Morgan fingerprint density at radius 1 is 0.967 bits per heavy atom. The first-order valence-corrected chi connectivity index (χ1v) is 9.92. The number of hydrazone groups is 1. The molecule has 0 saturated heterocycles. The summed E-state index contributed by atoms with van der Waals surface area (Å²) in [5, 5.41) is 4.03. The number of para-hydroxylation sites is 1. The molecule has 0 spiro atoms. The zero-order valence-corrected chi connectivity index (χ0v) is 17.2. The van der Waals surface area contributed by atoms with Crippen LogP contribution < -0.4 is 14.9 Å². The highest BCUT2D eigenvalue weighted by Crippen LogP contribution is 2.20. The number of hydrogen-bond acceptors (Lipinski definition) is 4. The number of carbonyl (C=O) groups excluding carboxylic acids is 1. The summed E-state index contributed by atoms with van der Waals surface area (Å²) in [4.78, 5) is 12.0. The smallest absolute Gasteiger partial charge is 0.277 e. The summed E-state index contributed by atoms with van der Waals surface area (Å²) < 4.78 is 11.4. The zero-order chi connectivity index (χ0) is 21.2. The molecule has 0 bridgehead atoms. The highest BCUT2D eigenvalue weighted by molar-refractivity contribution is 5.85. The maximum atomic E-state index is 12.0. The van der Waals surface area contributed by atoms with Gasteiger partial charge in [-0.25, -0.2) is 5.43 Å². The van der Waals surface area contributed by atoms with Crippen molar-refractivity contribution < 1.29 is 14.3 Å². The molecule has 0 saturated carbocycles. The van der Waals surface area contributed by atoms with Gasteiger partial charge in [0, 0.05) is 5.56 Å². The SMILES string of the molecule is CC(C)c1cccc(OCC(=O)N/N=C/c2ccccc2OCc2ccccc2)c1. The van der Waals surface area contributed by atoms with Gasteiger partial charge in [0.05, 0.1) is 6.21 Å². The summed E-state index contributed by atoms with van der Waals surface area (Å²) in [6, 6.07) is 25.2. The predicted molar refractivity (Wildman–Crippen MR) is 119 cm³/mol. The van der Waals surface area contributed by atoms with Crippen molar-refractivity contribution in [1.29, 1.82) is 0 Å². The molecule has 1 amide bonds. The van der Waals surface area contributed by atoms with Crippen LogP contribution >= 0.6 is 0 Å². The van der Waals surface area contributed by atoms with E-state index in [1.165, 1.54) is 0 Å². The minimum atomic E-state index is -0.330. The monoisotopic (exact) mass is 402 g/mol. The van der Waals surface area contributed by atoms with E-state index in [1.807, 2.05) is 78.9 Å². The molecule has 5 heteroatoms. The Morgan fingerprint density at radius 3 is 2.53 bits per heavy atom. The maximum Gasteiger partial charge on any atom is 0.277 e. The number of rotatable bonds is 9.